The molecule has 0 bridgehead atoms. The van der Waals surface area contributed by atoms with Crippen LogP contribution < -0.4 is 5.38 Å². The van der Waals surface area contributed by atoms with Gasteiger partial charge in [-0.1, -0.05) is 58.7 Å². The van der Waals surface area contributed by atoms with Gasteiger partial charge in [0.1, 0.15) is 13.6 Å². The molecule has 0 aromatic carbocycles. The Balaban J connectivity index is 2.59. The Morgan fingerprint density at radius 3 is 2.36 bits per heavy atom. The molecule has 1 N–H and O–H groups in total. The summed E-state index contributed by atoms with van der Waals surface area (Å²) in [5, 5.41) is 10.1. The summed E-state index contributed by atoms with van der Waals surface area (Å²) in [6.07, 6.45) is 9.25. The lowest BCUT2D eigenvalue weighted by atomic mass is 10.1. The third-order valence-corrected chi connectivity index (χ3v) is 5.59. The van der Waals surface area contributed by atoms with Crippen molar-refractivity contribution in [2.45, 2.75) is 65.1 Å². The van der Waals surface area contributed by atoms with E-state index in [0.29, 0.717) is 5.56 Å². The summed E-state index contributed by atoms with van der Waals surface area (Å²) in [4.78, 5) is 23.4. The fraction of sp³-hybridized carbons (Fsp3) is 0.579. The van der Waals surface area contributed by atoms with Crippen molar-refractivity contribution >= 4 is 31.5 Å². The van der Waals surface area contributed by atoms with Crippen LogP contribution in [0, 0.1) is 0 Å². The third kappa shape index (κ3) is 7.73. The van der Waals surface area contributed by atoms with Crippen molar-refractivity contribution in [3.05, 3.63) is 23.5 Å². The Morgan fingerprint density at radius 1 is 1.16 bits per heavy atom. The molecule has 0 amide bonds. The van der Waals surface area contributed by atoms with Crippen LogP contribution in [0.15, 0.2) is 22.3 Å². The molecule has 5 nitrogen and oxygen atoms in total. The van der Waals surface area contributed by atoms with Gasteiger partial charge in [-0.3, -0.25) is 0 Å². The Labute approximate surface area is 151 Å². The molecule has 1 heterocycles. The first-order valence-electron chi connectivity index (χ1n) is 8.96. The number of carboxylic acid groups (broad SMARTS) is 1. The predicted molar refractivity (Wildman–Crippen MR) is 102 cm³/mol. The highest BCUT2D eigenvalue weighted by atomic mass is 28.3. The standard InChI is InChI=1S/C19H30O5Si/c1-5-6-7-8-9-10-11-23-19(22)16(18(20)21)12-15-13-17(24-14-15)25(2,3)4/h12-14H,5-11H2,1-4H3,(H,20,21). The van der Waals surface area contributed by atoms with Gasteiger partial charge in [-0.05, 0) is 18.6 Å². The van der Waals surface area contributed by atoms with Crippen LogP contribution in [0.5, 0.6) is 0 Å². The van der Waals surface area contributed by atoms with E-state index in [4.69, 9.17) is 9.15 Å². The van der Waals surface area contributed by atoms with Crippen molar-refractivity contribution in [3.8, 4) is 0 Å². The van der Waals surface area contributed by atoms with Crippen molar-refractivity contribution < 1.29 is 23.8 Å². The van der Waals surface area contributed by atoms with Crippen LogP contribution in [0.4, 0.5) is 0 Å². The van der Waals surface area contributed by atoms with Gasteiger partial charge in [0.25, 0.3) is 0 Å². The van der Waals surface area contributed by atoms with Gasteiger partial charge >= 0.3 is 11.9 Å². The van der Waals surface area contributed by atoms with Crippen LogP contribution in [-0.4, -0.2) is 31.7 Å². The van der Waals surface area contributed by atoms with Crippen molar-refractivity contribution in [1.29, 1.82) is 0 Å². The van der Waals surface area contributed by atoms with E-state index in [-0.39, 0.29) is 12.2 Å². The molecular formula is C19H30O5Si. The summed E-state index contributed by atoms with van der Waals surface area (Å²) < 4.78 is 10.6. The highest BCUT2D eigenvalue weighted by molar-refractivity contribution is 6.87. The number of esters is 1. The molecule has 0 aliphatic heterocycles. The lowest BCUT2D eigenvalue weighted by Crippen LogP contribution is -2.36. The second-order valence-corrected chi connectivity index (χ2v) is 12.3. The second-order valence-electron chi connectivity index (χ2n) is 7.26. The summed E-state index contributed by atoms with van der Waals surface area (Å²) in [6, 6.07) is 1.80. The van der Waals surface area contributed by atoms with Crippen molar-refractivity contribution in [2.75, 3.05) is 6.61 Å². The molecule has 0 aliphatic carbocycles. The Bertz CT molecular complexity index is 595. The molecule has 0 spiro atoms. The molecule has 1 aromatic heterocycles. The van der Waals surface area contributed by atoms with Gasteiger partial charge < -0.3 is 14.3 Å². The highest BCUT2D eigenvalue weighted by Gasteiger charge is 2.23. The second kappa shape index (κ2) is 10.2. The number of ether oxygens (including phenoxy) is 1. The fourth-order valence-corrected chi connectivity index (χ4v) is 3.33. The van der Waals surface area contributed by atoms with E-state index in [2.05, 4.69) is 26.6 Å². The molecular weight excluding hydrogens is 336 g/mol. The Morgan fingerprint density at radius 2 is 1.80 bits per heavy atom. The van der Waals surface area contributed by atoms with E-state index in [1.54, 1.807) is 6.07 Å². The van der Waals surface area contributed by atoms with Crippen LogP contribution in [0.2, 0.25) is 19.6 Å². The average molecular weight is 367 g/mol. The number of carbonyl (C=O) groups is 2. The van der Waals surface area contributed by atoms with E-state index in [1.807, 2.05) is 0 Å². The lowest BCUT2D eigenvalue weighted by molar-refractivity contribution is -0.144. The molecule has 6 heteroatoms. The van der Waals surface area contributed by atoms with Crippen molar-refractivity contribution in [1.82, 2.24) is 0 Å². The van der Waals surface area contributed by atoms with Crippen LogP contribution in [0.25, 0.3) is 6.08 Å². The van der Waals surface area contributed by atoms with Gasteiger partial charge in [-0.15, -0.1) is 0 Å². The maximum absolute atomic E-state index is 12.0. The third-order valence-electron chi connectivity index (χ3n) is 3.85. The number of carboxylic acids is 1. The number of carbonyl (C=O) groups excluding carboxylic acids is 1. The molecule has 0 atom stereocenters. The molecule has 0 saturated carbocycles. The number of hydrogen-bond donors (Lipinski definition) is 1. The topological polar surface area (TPSA) is 76.7 Å². The molecule has 0 aliphatic rings. The van der Waals surface area contributed by atoms with Crippen LogP contribution >= 0.6 is 0 Å². The minimum absolute atomic E-state index is 0.251. The maximum Gasteiger partial charge on any atom is 0.345 e. The summed E-state index contributed by atoms with van der Waals surface area (Å²) >= 11 is 0. The van der Waals surface area contributed by atoms with E-state index in [1.165, 1.54) is 31.6 Å². The zero-order chi connectivity index (χ0) is 18.9. The zero-order valence-electron chi connectivity index (χ0n) is 15.8. The smallest absolute Gasteiger partial charge is 0.345 e. The summed E-state index contributed by atoms with van der Waals surface area (Å²) in [5.74, 6) is -2.08. The van der Waals surface area contributed by atoms with Crippen LogP contribution in [0.1, 0.15) is 51.0 Å². The monoisotopic (exact) mass is 366 g/mol. The van der Waals surface area contributed by atoms with Gasteiger partial charge in [0.2, 0.25) is 0 Å². The number of hydrogen-bond acceptors (Lipinski definition) is 4. The Hall–Kier alpha value is -1.82. The normalized spacial score (nSPS) is 12.2. The van der Waals surface area contributed by atoms with Crippen LogP contribution in [-0.2, 0) is 14.3 Å². The van der Waals surface area contributed by atoms with E-state index >= 15 is 0 Å². The minimum atomic E-state index is -1.62. The number of furan rings is 1. The van der Waals surface area contributed by atoms with Gasteiger partial charge in [-0.2, -0.15) is 0 Å². The van der Waals surface area contributed by atoms with Crippen molar-refractivity contribution in [2.24, 2.45) is 0 Å². The van der Waals surface area contributed by atoms with Gasteiger partial charge in [0.15, 0.2) is 0 Å². The maximum atomic E-state index is 12.0. The molecule has 0 saturated heterocycles. The van der Waals surface area contributed by atoms with Crippen LogP contribution in [0.3, 0.4) is 0 Å². The average Bonchev–Trinajstić information content (AvgIpc) is 3.00. The molecule has 0 unspecified atom stereocenters. The quantitative estimate of drug-likeness (QED) is 0.159. The SMILES string of the molecule is CCCCCCCCOC(=O)C(=Cc1coc([Si](C)(C)C)c1)C(=O)O. The summed E-state index contributed by atoms with van der Waals surface area (Å²) in [5.41, 5.74) is 0.209. The molecule has 1 rings (SSSR count). The highest BCUT2D eigenvalue weighted by Crippen LogP contribution is 2.12. The zero-order valence-corrected chi connectivity index (χ0v) is 16.8. The van der Waals surface area contributed by atoms with Gasteiger partial charge in [-0.25, -0.2) is 9.59 Å². The molecule has 25 heavy (non-hydrogen) atoms. The predicted octanol–water partition coefficient (Wildman–Crippen LogP) is 4.20. The minimum Gasteiger partial charge on any atom is -0.477 e. The largest absolute Gasteiger partial charge is 0.477 e. The van der Waals surface area contributed by atoms with Gasteiger partial charge in [0.05, 0.1) is 18.3 Å². The Kier molecular flexibility index (Phi) is 8.68. The van der Waals surface area contributed by atoms with E-state index in [9.17, 15) is 14.7 Å². The molecule has 1 aromatic rings. The van der Waals surface area contributed by atoms with Gasteiger partial charge in [0, 0.05) is 5.56 Å². The first-order valence-corrected chi connectivity index (χ1v) is 12.5. The number of unbranched alkanes of at least 4 members (excludes halogenated alkanes) is 5. The van der Waals surface area contributed by atoms with E-state index in [0.717, 1.165) is 24.6 Å². The summed E-state index contributed by atoms with van der Waals surface area (Å²) in [6.45, 7) is 8.81. The fourth-order valence-electron chi connectivity index (χ4n) is 2.32. The molecule has 140 valence electrons. The van der Waals surface area contributed by atoms with Crippen molar-refractivity contribution in [3.63, 3.8) is 0 Å². The molecule has 0 fully saturated rings. The first-order chi connectivity index (χ1) is 11.8. The summed E-state index contributed by atoms with van der Waals surface area (Å²) in [7, 11) is -1.62. The number of aliphatic carboxylic acids is 1. The first kappa shape index (κ1) is 21.2. The molecule has 0 radical (unpaired) electrons. The van der Waals surface area contributed by atoms with E-state index < -0.39 is 20.0 Å². The number of rotatable bonds is 11. The lowest BCUT2D eigenvalue weighted by Gasteiger charge is -2.10.